The zero-order valence-electron chi connectivity index (χ0n) is 10.1. The first kappa shape index (κ1) is 12.9. The van der Waals surface area contributed by atoms with Crippen LogP contribution in [0.25, 0.3) is 0 Å². The fraction of sp³-hybridized carbons (Fsp3) is 0.250. The third-order valence-corrected chi connectivity index (χ3v) is 2.96. The molecule has 1 N–H and O–H groups in total. The average Bonchev–Trinajstić information content (AvgIpc) is 2.42. The molecule has 18 heavy (non-hydrogen) atoms. The van der Waals surface area contributed by atoms with Crippen LogP contribution in [0.1, 0.15) is 17.4 Å². The fourth-order valence-corrected chi connectivity index (χ4v) is 1.91. The molecule has 0 spiro atoms. The van der Waals surface area contributed by atoms with Crippen LogP contribution in [0.4, 0.5) is 0 Å². The van der Waals surface area contributed by atoms with Gasteiger partial charge in [0.15, 0.2) is 0 Å². The Kier molecular flexibility index (Phi) is 4.22. The van der Waals surface area contributed by atoms with E-state index in [0.717, 1.165) is 15.9 Å². The van der Waals surface area contributed by atoms with Gasteiger partial charge in [-0.25, -0.2) is 4.98 Å². The van der Waals surface area contributed by atoms with Crippen LogP contribution in [-0.2, 0) is 0 Å². The maximum absolute atomic E-state index is 5.22. The highest BCUT2D eigenvalue weighted by molar-refractivity contribution is 9.10. The SMILES string of the molecule is CNC(c1ccc(Br)cn1)c1nccnc1OC. The van der Waals surface area contributed by atoms with Crippen molar-refractivity contribution in [3.63, 3.8) is 0 Å². The van der Waals surface area contributed by atoms with Gasteiger partial charge < -0.3 is 10.1 Å². The summed E-state index contributed by atoms with van der Waals surface area (Å²) in [6, 6.07) is 3.72. The zero-order valence-corrected chi connectivity index (χ0v) is 11.7. The summed E-state index contributed by atoms with van der Waals surface area (Å²) in [6.45, 7) is 0. The third kappa shape index (κ3) is 2.65. The van der Waals surface area contributed by atoms with E-state index in [1.54, 1.807) is 25.7 Å². The van der Waals surface area contributed by atoms with Gasteiger partial charge in [-0.1, -0.05) is 0 Å². The molecule has 0 amide bonds. The van der Waals surface area contributed by atoms with Gasteiger partial charge in [0.2, 0.25) is 5.88 Å². The van der Waals surface area contributed by atoms with E-state index in [-0.39, 0.29) is 6.04 Å². The van der Waals surface area contributed by atoms with Gasteiger partial charge in [-0.05, 0) is 35.1 Å². The number of nitrogens with one attached hydrogen (secondary N) is 1. The van der Waals surface area contributed by atoms with Gasteiger partial charge in [-0.15, -0.1) is 0 Å². The van der Waals surface area contributed by atoms with E-state index in [9.17, 15) is 0 Å². The highest BCUT2D eigenvalue weighted by Gasteiger charge is 2.19. The summed E-state index contributed by atoms with van der Waals surface area (Å²) >= 11 is 3.37. The van der Waals surface area contributed by atoms with Gasteiger partial charge in [0.25, 0.3) is 0 Å². The van der Waals surface area contributed by atoms with Crippen LogP contribution in [-0.4, -0.2) is 29.1 Å². The normalized spacial score (nSPS) is 12.2. The van der Waals surface area contributed by atoms with Gasteiger partial charge in [0.1, 0.15) is 5.69 Å². The van der Waals surface area contributed by atoms with Crippen molar-refractivity contribution in [2.24, 2.45) is 0 Å². The highest BCUT2D eigenvalue weighted by atomic mass is 79.9. The Bertz CT molecular complexity index is 518. The molecule has 2 heterocycles. The van der Waals surface area contributed by atoms with Gasteiger partial charge in [0.05, 0.1) is 18.8 Å². The minimum Gasteiger partial charge on any atom is -0.480 e. The van der Waals surface area contributed by atoms with Crippen LogP contribution in [0.2, 0.25) is 0 Å². The minimum absolute atomic E-state index is 0.151. The van der Waals surface area contributed by atoms with Crippen LogP contribution in [0.5, 0.6) is 5.88 Å². The first-order valence-corrected chi connectivity index (χ1v) is 6.19. The Morgan fingerprint density at radius 1 is 1.22 bits per heavy atom. The maximum atomic E-state index is 5.22. The number of halogens is 1. The summed E-state index contributed by atoms with van der Waals surface area (Å²) < 4.78 is 6.16. The lowest BCUT2D eigenvalue weighted by Crippen LogP contribution is -2.21. The summed E-state index contributed by atoms with van der Waals surface area (Å²) in [5.41, 5.74) is 1.58. The third-order valence-electron chi connectivity index (χ3n) is 2.49. The van der Waals surface area contributed by atoms with Crippen LogP contribution in [0.15, 0.2) is 35.2 Å². The van der Waals surface area contributed by atoms with Crippen molar-refractivity contribution in [1.29, 1.82) is 0 Å². The lowest BCUT2D eigenvalue weighted by atomic mass is 10.1. The smallest absolute Gasteiger partial charge is 0.237 e. The van der Waals surface area contributed by atoms with Crippen molar-refractivity contribution in [2.45, 2.75) is 6.04 Å². The van der Waals surface area contributed by atoms with E-state index in [2.05, 4.69) is 36.2 Å². The van der Waals surface area contributed by atoms with E-state index in [1.165, 1.54) is 0 Å². The number of nitrogens with zero attached hydrogens (tertiary/aromatic N) is 3. The predicted octanol–water partition coefficient (Wildman–Crippen LogP) is 1.95. The number of pyridine rings is 1. The number of methoxy groups -OCH3 is 1. The zero-order chi connectivity index (χ0) is 13.0. The number of hydrogen-bond acceptors (Lipinski definition) is 5. The van der Waals surface area contributed by atoms with Crippen LogP contribution < -0.4 is 10.1 Å². The molecule has 0 radical (unpaired) electrons. The largest absolute Gasteiger partial charge is 0.480 e. The molecular formula is C12H13BrN4O. The molecule has 0 aliphatic rings. The molecule has 0 bridgehead atoms. The van der Waals surface area contributed by atoms with Gasteiger partial charge >= 0.3 is 0 Å². The molecule has 2 aromatic rings. The fourth-order valence-electron chi connectivity index (χ4n) is 1.67. The molecule has 0 saturated heterocycles. The van der Waals surface area contributed by atoms with E-state index < -0.39 is 0 Å². The Labute approximate surface area is 114 Å². The molecule has 0 aliphatic heterocycles. The molecule has 2 rings (SSSR count). The summed E-state index contributed by atoms with van der Waals surface area (Å²) in [5, 5.41) is 3.17. The molecule has 2 aromatic heterocycles. The van der Waals surface area contributed by atoms with Gasteiger partial charge in [-0.2, -0.15) is 0 Å². The monoisotopic (exact) mass is 308 g/mol. The standard InChI is InChI=1S/C12H13BrN4O/c1-14-10(9-4-3-8(13)7-17-9)11-12(18-2)16-6-5-15-11/h3-7,10,14H,1-2H3. The topological polar surface area (TPSA) is 59.9 Å². The maximum Gasteiger partial charge on any atom is 0.237 e. The lowest BCUT2D eigenvalue weighted by molar-refractivity contribution is 0.383. The summed E-state index contributed by atoms with van der Waals surface area (Å²) in [4.78, 5) is 12.8. The Morgan fingerprint density at radius 3 is 2.61 bits per heavy atom. The van der Waals surface area contributed by atoms with Gasteiger partial charge in [-0.3, -0.25) is 9.97 Å². The number of rotatable bonds is 4. The lowest BCUT2D eigenvalue weighted by Gasteiger charge is -2.16. The second kappa shape index (κ2) is 5.88. The molecule has 0 aliphatic carbocycles. The molecule has 5 nitrogen and oxygen atoms in total. The molecule has 0 aromatic carbocycles. The summed E-state index contributed by atoms with van der Waals surface area (Å²) in [7, 11) is 3.43. The van der Waals surface area contributed by atoms with Crippen LogP contribution >= 0.6 is 15.9 Å². The van der Waals surface area contributed by atoms with E-state index in [0.29, 0.717) is 5.88 Å². The molecule has 1 unspecified atom stereocenters. The van der Waals surface area contributed by atoms with Crippen molar-refractivity contribution < 1.29 is 4.74 Å². The molecular weight excluding hydrogens is 296 g/mol. The first-order valence-electron chi connectivity index (χ1n) is 5.40. The van der Waals surface area contributed by atoms with Crippen molar-refractivity contribution in [3.8, 4) is 5.88 Å². The quantitative estimate of drug-likeness (QED) is 0.935. The summed E-state index contributed by atoms with van der Waals surface area (Å²) in [6.07, 6.45) is 4.99. The second-order valence-electron chi connectivity index (χ2n) is 3.57. The molecule has 6 heteroatoms. The van der Waals surface area contributed by atoms with Crippen molar-refractivity contribution >= 4 is 15.9 Å². The average molecular weight is 309 g/mol. The number of hydrogen-bond donors (Lipinski definition) is 1. The summed E-state index contributed by atoms with van der Waals surface area (Å²) in [5.74, 6) is 0.501. The number of ether oxygens (including phenoxy) is 1. The second-order valence-corrected chi connectivity index (χ2v) is 4.49. The molecule has 1 atom stereocenters. The van der Waals surface area contributed by atoms with Crippen molar-refractivity contribution in [3.05, 3.63) is 46.6 Å². The van der Waals surface area contributed by atoms with Crippen molar-refractivity contribution in [2.75, 3.05) is 14.2 Å². The first-order chi connectivity index (χ1) is 8.76. The van der Waals surface area contributed by atoms with Crippen LogP contribution in [0, 0.1) is 0 Å². The van der Waals surface area contributed by atoms with Crippen LogP contribution in [0.3, 0.4) is 0 Å². The van der Waals surface area contributed by atoms with E-state index in [1.807, 2.05) is 19.2 Å². The van der Waals surface area contributed by atoms with E-state index >= 15 is 0 Å². The number of aromatic nitrogens is 3. The Morgan fingerprint density at radius 2 is 2.00 bits per heavy atom. The molecule has 0 fully saturated rings. The predicted molar refractivity (Wildman–Crippen MR) is 71.4 cm³/mol. The van der Waals surface area contributed by atoms with Crippen molar-refractivity contribution in [1.82, 2.24) is 20.3 Å². The van der Waals surface area contributed by atoms with E-state index in [4.69, 9.17) is 4.74 Å². The Hall–Kier alpha value is -1.53. The molecule has 94 valence electrons. The molecule has 0 saturated carbocycles. The highest BCUT2D eigenvalue weighted by Crippen LogP contribution is 2.25. The van der Waals surface area contributed by atoms with Gasteiger partial charge in [0, 0.05) is 23.1 Å². The Balaban J connectivity index is 2.41. The minimum atomic E-state index is -0.151.